The van der Waals surface area contributed by atoms with E-state index in [2.05, 4.69) is 0 Å². The second-order valence-corrected chi connectivity index (χ2v) is 8.12. The van der Waals surface area contributed by atoms with E-state index < -0.39 is 9.84 Å². The molecule has 0 atom stereocenters. The monoisotopic (exact) mass is 293 g/mol. The Labute approximate surface area is 110 Å². The van der Waals surface area contributed by atoms with Crippen molar-refractivity contribution in [1.82, 2.24) is 0 Å². The van der Waals surface area contributed by atoms with Crippen LogP contribution in [0.3, 0.4) is 0 Å². The van der Waals surface area contributed by atoms with Crippen LogP contribution in [0.25, 0.3) is 0 Å². The van der Waals surface area contributed by atoms with Crippen molar-refractivity contribution in [2.75, 3.05) is 17.2 Å². The number of rotatable bonds is 5. The molecule has 0 amide bonds. The van der Waals surface area contributed by atoms with Crippen LogP contribution < -0.4 is 5.73 Å². The third-order valence-corrected chi connectivity index (χ3v) is 6.68. The molecular weight excluding hydrogens is 278 g/mol. The van der Waals surface area contributed by atoms with E-state index in [0.29, 0.717) is 9.09 Å². The van der Waals surface area contributed by atoms with Crippen molar-refractivity contribution in [1.29, 1.82) is 0 Å². The maximum absolute atomic E-state index is 12.0. The number of nitrogens with two attached hydrogens (primary N) is 1. The second kappa shape index (κ2) is 5.41. The Bertz CT molecular complexity index is 531. The summed E-state index contributed by atoms with van der Waals surface area (Å²) in [5.74, 6) is 0.537. The molecule has 1 heterocycles. The lowest BCUT2D eigenvalue weighted by molar-refractivity contribution is 0.102. The summed E-state index contributed by atoms with van der Waals surface area (Å²) in [6.45, 7) is 4.89. The number of carbonyl (C=O) groups is 1. The van der Waals surface area contributed by atoms with E-state index in [1.54, 1.807) is 6.92 Å². The van der Waals surface area contributed by atoms with Gasteiger partial charge in [-0.3, -0.25) is 4.79 Å². The minimum Gasteiger partial charge on any atom is -0.396 e. The molecule has 0 unspecified atom stereocenters. The lowest BCUT2D eigenvalue weighted by Gasteiger charge is -2.03. The van der Waals surface area contributed by atoms with Crippen LogP contribution in [-0.4, -0.2) is 25.7 Å². The van der Waals surface area contributed by atoms with Crippen LogP contribution in [0.4, 0.5) is 5.69 Å². The molecule has 0 aliphatic carbocycles. The molecule has 0 radical (unpaired) electrons. The highest BCUT2D eigenvalue weighted by Crippen LogP contribution is 2.41. The molecule has 96 valence electrons. The summed E-state index contributed by atoms with van der Waals surface area (Å²) in [4.78, 5) is 11.9. The molecule has 1 aromatic heterocycles. The number of hydrogen-bond donors (Lipinski definition) is 1. The van der Waals surface area contributed by atoms with Crippen LogP contribution in [0.5, 0.6) is 0 Å². The van der Waals surface area contributed by atoms with Crippen molar-refractivity contribution < 1.29 is 13.2 Å². The van der Waals surface area contributed by atoms with Crippen LogP contribution in [-0.2, 0) is 9.84 Å². The first kappa shape index (κ1) is 14.5. The maximum atomic E-state index is 12.0. The van der Waals surface area contributed by atoms with Crippen molar-refractivity contribution in [3.8, 4) is 0 Å². The molecule has 1 aromatic rings. The zero-order chi connectivity index (χ0) is 13.2. The number of carbonyl (C=O) groups excluding carboxylic acids is 1. The highest BCUT2D eigenvalue weighted by Gasteiger charge is 2.27. The van der Waals surface area contributed by atoms with Gasteiger partial charge in [0.2, 0.25) is 0 Å². The van der Waals surface area contributed by atoms with Crippen LogP contribution >= 0.6 is 23.1 Å². The van der Waals surface area contributed by atoms with Crippen molar-refractivity contribution in [2.24, 2.45) is 0 Å². The molecule has 7 heteroatoms. The summed E-state index contributed by atoms with van der Waals surface area (Å²) in [5.41, 5.74) is 5.91. The Balaban J connectivity index is 3.51. The third-order valence-electron chi connectivity index (χ3n) is 2.16. The SMILES string of the molecule is CCSc1sc(C(C)=O)c(N)c1S(=O)(=O)CC. The number of thiophene rings is 1. The van der Waals surface area contributed by atoms with E-state index in [1.165, 1.54) is 30.0 Å². The van der Waals surface area contributed by atoms with Crippen LogP contribution in [0.2, 0.25) is 0 Å². The first-order valence-corrected chi connectivity index (χ1v) is 8.59. The Morgan fingerprint density at radius 3 is 2.41 bits per heavy atom. The van der Waals surface area contributed by atoms with Gasteiger partial charge in [0.15, 0.2) is 15.6 Å². The first-order valence-electron chi connectivity index (χ1n) is 5.13. The fourth-order valence-electron chi connectivity index (χ4n) is 1.33. The van der Waals surface area contributed by atoms with E-state index in [0.717, 1.165) is 5.75 Å². The van der Waals surface area contributed by atoms with Crippen LogP contribution in [0, 0.1) is 0 Å². The molecule has 4 nitrogen and oxygen atoms in total. The summed E-state index contributed by atoms with van der Waals surface area (Å²) in [7, 11) is -3.38. The van der Waals surface area contributed by atoms with Gasteiger partial charge in [0, 0.05) is 6.92 Å². The topological polar surface area (TPSA) is 77.2 Å². The summed E-state index contributed by atoms with van der Waals surface area (Å²) in [6, 6.07) is 0. The lowest BCUT2D eigenvalue weighted by atomic mass is 10.3. The van der Waals surface area contributed by atoms with Gasteiger partial charge in [0.1, 0.15) is 4.90 Å². The van der Waals surface area contributed by atoms with E-state index in [9.17, 15) is 13.2 Å². The van der Waals surface area contributed by atoms with Crippen LogP contribution in [0.1, 0.15) is 30.4 Å². The maximum Gasteiger partial charge on any atom is 0.182 e. The molecule has 0 spiro atoms. The van der Waals surface area contributed by atoms with Gasteiger partial charge in [0.05, 0.1) is 20.5 Å². The van der Waals surface area contributed by atoms with E-state index in [1.807, 2.05) is 6.92 Å². The number of nitrogen functional groups attached to an aromatic ring is 1. The van der Waals surface area contributed by atoms with Crippen molar-refractivity contribution in [3.63, 3.8) is 0 Å². The number of ketones is 1. The minimum atomic E-state index is -3.38. The van der Waals surface area contributed by atoms with Gasteiger partial charge in [0.25, 0.3) is 0 Å². The molecule has 0 aliphatic heterocycles. The van der Waals surface area contributed by atoms with E-state index in [-0.39, 0.29) is 22.1 Å². The minimum absolute atomic E-state index is 0.0114. The zero-order valence-corrected chi connectivity index (χ0v) is 12.4. The van der Waals surface area contributed by atoms with Gasteiger partial charge < -0.3 is 5.73 Å². The molecule has 0 aliphatic rings. The molecule has 0 aromatic carbocycles. The molecular formula is C10H15NO3S3. The normalized spacial score (nSPS) is 11.7. The Hall–Kier alpha value is -0.530. The average Bonchev–Trinajstić information content (AvgIpc) is 2.57. The molecule has 0 bridgehead atoms. The van der Waals surface area contributed by atoms with Gasteiger partial charge in [-0.15, -0.1) is 23.1 Å². The molecule has 2 N–H and O–H groups in total. The summed E-state index contributed by atoms with van der Waals surface area (Å²) >= 11 is 2.57. The molecule has 0 fully saturated rings. The third kappa shape index (κ3) is 2.83. The fourth-order valence-corrected chi connectivity index (χ4v) is 5.53. The standard InChI is InChI=1S/C10H15NO3S3/c1-4-15-10-9(17(13,14)5-2)7(11)8(16-10)6(3)12/h4-5,11H2,1-3H3. The predicted octanol–water partition coefficient (Wildman–Crippen LogP) is 2.44. The smallest absolute Gasteiger partial charge is 0.182 e. The summed E-state index contributed by atoms with van der Waals surface area (Å²) < 4.78 is 24.5. The highest BCUT2D eigenvalue weighted by atomic mass is 32.2. The first-order chi connectivity index (χ1) is 7.85. The average molecular weight is 293 g/mol. The summed E-state index contributed by atoms with van der Waals surface area (Å²) in [5, 5.41) is 0. The Morgan fingerprint density at radius 2 is 2.00 bits per heavy atom. The Morgan fingerprint density at radius 1 is 1.41 bits per heavy atom. The lowest BCUT2D eigenvalue weighted by Crippen LogP contribution is -2.07. The van der Waals surface area contributed by atoms with E-state index >= 15 is 0 Å². The number of sulfone groups is 1. The number of hydrogen-bond acceptors (Lipinski definition) is 6. The van der Waals surface area contributed by atoms with Gasteiger partial charge >= 0.3 is 0 Å². The number of Topliss-reactive ketones (excluding diaryl/α,β-unsaturated/α-hetero) is 1. The van der Waals surface area contributed by atoms with Gasteiger partial charge in [-0.1, -0.05) is 13.8 Å². The largest absolute Gasteiger partial charge is 0.396 e. The highest BCUT2D eigenvalue weighted by molar-refractivity contribution is 8.02. The number of anilines is 1. The molecule has 0 saturated heterocycles. The van der Waals surface area contributed by atoms with Crippen LogP contribution in [0.15, 0.2) is 9.10 Å². The van der Waals surface area contributed by atoms with Crippen molar-refractivity contribution >= 4 is 44.4 Å². The second-order valence-electron chi connectivity index (χ2n) is 3.35. The van der Waals surface area contributed by atoms with Gasteiger partial charge in [-0.2, -0.15) is 0 Å². The van der Waals surface area contributed by atoms with E-state index in [4.69, 9.17) is 5.73 Å². The quantitative estimate of drug-likeness (QED) is 0.666. The molecule has 1 rings (SSSR count). The number of thioether (sulfide) groups is 1. The molecule has 17 heavy (non-hydrogen) atoms. The van der Waals surface area contributed by atoms with Gasteiger partial charge in [-0.05, 0) is 5.75 Å². The van der Waals surface area contributed by atoms with Crippen molar-refractivity contribution in [2.45, 2.75) is 29.9 Å². The van der Waals surface area contributed by atoms with Crippen molar-refractivity contribution in [3.05, 3.63) is 4.88 Å². The predicted molar refractivity (Wildman–Crippen MR) is 72.9 cm³/mol. The van der Waals surface area contributed by atoms with Gasteiger partial charge in [-0.25, -0.2) is 8.42 Å². The summed E-state index contributed by atoms with van der Waals surface area (Å²) in [6.07, 6.45) is 0. The zero-order valence-electron chi connectivity index (χ0n) is 9.94. The molecule has 0 saturated carbocycles. The fraction of sp³-hybridized carbons (Fsp3) is 0.500. The Kier molecular flexibility index (Phi) is 4.62.